The minimum absolute atomic E-state index is 0.0653. The highest BCUT2D eigenvalue weighted by atomic mass is 35.5. The number of anilines is 1. The Morgan fingerprint density at radius 3 is 2.32 bits per heavy atom. The molecule has 2 amide bonds. The number of carbonyl (C=O) groups excluding carboxylic acids is 2. The summed E-state index contributed by atoms with van der Waals surface area (Å²) in [6.07, 6.45) is 1.57. The summed E-state index contributed by atoms with van der Waals surface area (Å²) in [6.45, 7) is -0.167. The Labute approximate surface area is 227 Å². The highest BCUT2D eigenvalue weighted by molar-refractivity contribution is 7.88. The van der Waals surface area contributed by atoms with Gasteiger partial charge < -0.3 is 20.1 Å². The third-order valence-electron chi connectivity index (χ3n) is 5.69. The number of sulfonamides is 1. The van der Waals surface area contributed by atoms with Crippen LogP contribution < -0.4 is 20.1 Å². The third-order valence-corrected chi connectivity index (χ3v) is 7.25. The van der Waals surface area contributed by atoms with Crippen LogP contribution in [0.2, 0.25) is 5.02 Å². The molecule has 0 radical (unpaired) electrons. The average Bonchev–Trinajstić information content (AvgIpc) is 2.89. The molecule has 11 heteroatoms. The zero-order chi connectivity index (χ0) is 27.7. The lowest BCUT2D eigenvalue weighted by Gasteiger charge is -2.20. The van der Waals surface area contributed by atoms with Gasteiger partial charge >= 0.3 is 0 Å². The first-order valence-corrected chi connectivity index (χ1v) is 13.9. The van der Waals surface area contributed by atoms with E-state index in [0.717, 1.165) is 16.1 Å². The van der Waals surface area contributed by atoms with E-state index in [0.29, 0.717) is 35.1 Å². The van der Waals surface area contributed by atoms with E-state index in [4.69, 9.17) is 21.1 Å². The lowest BCUT2D eigenvalue weighted by molar-refractivity contribution is -0.116. The van der Waals surface area contributed by atoms with Crippen molar-refractivity contribution in [2.45, 2.75) is 13.0 Å². The van der Waals surface area contributed by atoms with E-state index in [9.17, 15) is 18.0 Å². The summed E-state index contributed by atoms with van der Waals surface area (Å²) in [5.41, 5.74) is 2.04. The SMILES string of the molecule is COc1ccc(CCNC(=O)c2ccccc2NC(=O)CN(Cc2ccccc2Cl)S(C)(=O)=O)cc1OC. The van der Waals surface area contributed by atoms with E-state index in [2.05, 4.69) is 10.6 Å². The van der Waals surface area contributed by atoms with Gasteiger partial charge in [0.05, 0.1) is 38.3 Å². The summed E-state index contributed by atoms with van der Waals surface area (Å²) in [6, 6.07) is 18.9. The summed E-state index contributed by atoms with van der Waals surface area (Å²) in [5, 5.41) is 5.91. The summed E-state index contributed by atoms with van der Waals surface area (Å²) in [5.74, 6) is 0.249. The van der Waals surface area contributed by atoms with E-state index in [1.54, 1.807) is 68.8 Å². The van der Waals surface area contributed by atoms with Crippen LogP contribution in [0.5, 0.6) is 11.5 Å². The molecule has 0 atom stereocenters. The molecule has 0 heterocycles. The number of para-hydroxylation sites is 1. The van der Waals surface area contributed by atoms with Crippen molar-refractivity contribution in [1.82, 2.24) is 9.62 Å². The van der Waals surface area contributed by atoms with Crippen LogP contribution in [0.3, 0.4) is 0 Å². The monoisotopic (exact) mass is 559 g/mol. The van der Waals surface area contributed by atoms with Gasteiger partial charge in [0, 0.05) is 18.1 Å². The Morgan fingerprint density at radius 2 is 1.63 bits per heavy atom. The first kappa shape index (κ1) is 29.0. The van der Waals surface area contributed by atoms with Crippen molar-refractivity contribution in [3.05, 3.63) is 88.4 Å². The fraction of sp³-hybridized carbons (Fsp3) is 0.259. The Bertz CT molecular complexity index is 1400. The molecule has 0 aliphatic heterocycles. The highest BCUT2D eigenvalue weighted by Gasteiger charge is 2.22. The van der Waals surface area contributed by atoms with Crippen LogP contribution in [0, 0.1) is 0 Å². The molecule has 0 saturated carbocycles. The first-order valence-electron chi connectivity index (χ1n) is 11.7. The number of carbonyl (C=O) groups is 2. The summed E-state index contributed by atoms with van der Waals surface area (Å²) in [7, 11) is -0.607. The third kappa shape index (κ3) is 7.95. The zero-order valence-corrected chi connectivity index (χ0v) is 22.9. The van der Waals surface area contributed by atoms with Crippen molar-refractivity contribution >= 4 is 39.1 Å². The van der Waals surface area contributed by atoms with Crippen molar-refractivity contribution in [1.29, 1.82) is 0 Å². The van der Waals surface area contributed by atoms with Crippen molar-refractivity contribution < 1.29 is 27.5 Å². The van der Waals surface area contributed by atoms with Gasteiger partial charge in [0.1, 0.15) is 0 Å². The van der Waals surface area contributed by atoms with Crippen LogP contribution in [0.4, 0.5) is 5.69 Å². The molecule has 0 bridgehead atoms. The lowest BCUT2D eigenvalue weighted by atomic mass is 10.1. The maximum atomic E-state index is 12.9. The molecule has 0 saturated heterocycles. The Hall–Kier alpha value is -3.60. The van der Waals surface area contributed by atoms with Gasteiger partial charge in [-0.2, -0.15) is 4.31 Å². The minimum Gasteiger partial charge on any atom is -0.493 e. The van der Waals surface area contributed by atoms with Gasteiger partial charge in [-0.25, -0.2) is 8.42 Å². The summed E-state index contributed by atoms with van der Waals surface area (Å²) in [4.78, 5) is 25.7. The Morgan fingerprint density at radius 1 is 0.947 bits per heavy atom. The molecule has 3 aromatic carbocycles. The number of halogens is 1. The number of ether oxygens (including phenoxy) is 2. The molecular formula is C27H30ClN3O6S. The van der Waals surface area contributed by atoms with Crippen LogP contribution in [-0.2, 0) is 27.8 Å². The number of nitrogens with one attached hydrogen (secondary N) is 2. The fourth-order valence-corrected chi connectivity index (χ4v) is 4.62. The molecule has 2 N–H and O–H groups in total. The number of hydrogen-bond donors (Lipinski definition) is 2. The minimum atomic E-state index is -3.72. The Balaban J connectivity index is 1.64. The van der Waals surface area contributed by atoms with Crippen LogP contribution in [-0.4, -0.2) is 58.1 Å². The molecule has 0 aromatic heterocycles. The molecule has 0 aliphatic rings. The second-order valence-electron chi connectivity index (χ2n) is 8.41. The summed E-state index contributed by atoms with van der Waals surface area (Å²) >= 11 is 6.17. The van der Waals surface area contributed by atoms with Crippen LogP contribution in [0.15, 0.2) is 66.7 Å². The van der Waals surface area contributed by atoms with Gasteiger partial charge in [0.15, 0.2) is 11.5 Å². The van der Waals surface area contributed by atoms with Crippen LogP contribution >= 0.6 is 11.6 Å². The van der Waals surface area contributed by atoms with Gasteiger partial charge in [-0.15, -0.1) is 0 Å². The molecule has 3 aromatic rings. The summed E-state index contributed by atoms with van der Waals surface area (Å²) < 4.78 is 36.3. The predicted octanol–water partition coefficient (Wildman–Crippen LogP) is 3.73. The topological polar surface area (TPSA) is 114 Å². The largest absolute Gasteiger partial charge is 0.493 e. The Kier molecular flexibility index (Phi) is 10.1. The van der Waals surface area contributed by atoms with Crippen molar-refractivity contribution in [2.24, 2.45) is 0 Å². The molecule has 0 unspecified atom stereocenters. The van der Waals surface area contributed by atoms with Crippen LogP contribution in [0.25, 0.3) is 0 Å². The molecule has 9 nitrogen and oxygen atoms in total. The lowest BCUT2D eigenvalue weighted by Crippen LogP contribution is -2.37. The average molecular weight is 560 g/mol. The number of amides is 2. The number of nitrogens with zero attached hydrogens (tertiary/aromatic N) is 1. The second kappa shape index (κ2) is 13.3. The van der Waals surface area contributed by atoms with Gasteiger partial charge in [0.25, 0.3) is 5.91 Å². The number of rotatable bonds is 12. The second-order valence-corrected chi connectivity index (χ2v) is 10.8. The normalized spacial score (nSPS) is 11.2. The molecule has 38 heavy (non-hydrogen) atoms. The maximum Gasteiger partial charge on any atom is 0.253 e. The quantitative estimate of drug-likeness (QED) is 0.349. The van der Waals surface area contributed by atoms with Gasteiger partial charge in [-0.05, 0) is 47.9 Å². The fourth-order valence-electron chi connectivity index (χ4n) is 3.70. The molecule has 202 valence electrons. The molecule has 0 spiro atoms. The van der Waals surface area contributed by atoms with E-state index in [1.807, 2.05) is 12.1 Å². The standard InChI is InChI=1S/C27H30ClN3O6S/c1-36-24-13-12-19(16-25(24)37-2)14-15-29-27(33)21-9-5-7-11-23(21)30-26(32)18-31(38(3,34)35)17-20-8-4-6-10-22(20)28/h4-13,16H,14-15,17-18H2,1-3H3,(H,29,33)(H,30,32). The molecule has 0 fully saturated rings. The number of hydrogen-bond acceptors (Lipinski definition) is 6. The molecular weight excluding hydrogens is 530 g/mol. The van der Waals surface area contributed by atoms with E-state index < -0.39 is 22.5 Å². The highest BCUT2D eigenvalue weighted by Crippen LogP contribution is 2.27. The number of methoxy groups -OCH3 is 2. The van der Waals surface area contributed by atoms with Crippen molar-refractivity contribution in [3.8, 4) is 11.5 Å². The molecule has 0 aliphatic carbocycles. The maximum absolute atomic E-state index is 12.9. The number of benzene rings is 3. The predicted molar refractivity (Wildman–Crippen MR) is 147 cm³/mol. The zero-order valence-electron chi connectivity index (χ0n) is 21.4. The van der Waals surface area contributed by atoms with E-state index >= 15 is 0 Å². The van der Waals surface area contributed by atoms with E-state index in [1.165, 1.54) is 0 Å². The van der Waals surface area contributed by atoms with Crippen LogP contribution in [0.1, 0.15) is 21.5 Å². The van der Waals surface area contributed by atoms with Gasteiger partial charge in [-0.1, -0.05) is 48.0 Å². The first-order chi connectivity index (χ1) is 18.1. The molecule has 3 rings (SSSR count). The van der Waals surface area contributed by atoms with Crippen molar-refractivity contribution in [2.75, 3.05) is 38.9 Å². The van der Waals surface area contributed by atoms with E-state index in [-0.39, 0.29) is 23.7 Å². The smallest absolute Gasteiger partial charge is 0.253 e. The van der Waals surface area contributed by atoms with Gasteiger partial charge in [0.2, 0.25) is 15.9 Å². The van der Waals surface area contributed by atoms with Gasteiger partial charge in [-0.3, -0.25) is 9.59 Å². The van der Waals surface area contributed by atoms with Crippen molar-refractivity contribution in [3.63, 3.8) is 0 Å².